The van der Waals surface area contributed by atoms with E-state index in [9.17, 15) is 32.3 Å². The van der Waals surface area contributed by atoms with Crippen LogP contribution in [0.25, 0.3) is 10.9 Å². The number of hydrogen-bond donors (Lipinski definition) is 3. The first kappa shape index (κ1) is 31.8. The van der Waals surface area contributed by atoms with Crippen molar-refractivity contribution in [1.29, 1.82) is 0 Å². The molecule has 1 saturated carbocycles. The number of benzene rings is 1. The van der Waals surface area contributed by atoms with Crippen LogP contribution >= 0.6 is 0 Å². The Morgan fingerprint density at radius 2 is 1.96 bits per heavy atom. The molecule has 246 valence electrons. The number of halogens is 3. The average Bonchev–Trinajstić information content (AvgIpc) is 3.35. The number of piperidine rings is 1. The summed E-state index contributed by atoms with van der Waals surface area (Å²) < 4.78 is 47.7. The van der Waals surface area contributed by atoms with Crippen LogP contribution in [0, 0.1) is 24.2 Å². The molecule has 1 aromatic carbocycles. The van der Waals surface area contributed by atoms with E-state index in [0.717, 1.165) is 34.5 Å². The fraction of sp³-hybridized carbons (Fsp3) is 0.531. The van der Waals surface area contributed by atoms with E-state index in [1.807, 2.05) is 32.9 Å². The molecule has 2 aliphatic heterocycles. The smallest absolute Gasteiger partial charge is 0.368 e. The third-order valence-electron chi connectivity index (χ3n) is 9.82. The van der Waals surface area contributed by atoms with Crippen molar-refractivity contribution in [2.24, 2.45) is 23.0 Å². The summed E-state index contributed by atoms with van der Waals surface area (Å²) in [4.78, 5) is 57.1. The highest BCUT2D eigenvalue weighted by molar-refractivity contribution is 5.93. The number of ether oxygens (including phenoxy) is 1. The van der Waals surface area contributed by atoms with Gasteiger partial charge in [0.2, 0.25) is 17.7 Å². The van der Waals surface area contributed by atoms with Gasteiger partial charge in [-0.05, 0) is 73.1 Å². The number of rotatable bonds is 8. The number of amides is 3. The Bertz CT molecular complexity index is 1760. The van der Waals surface area contributed by atoms with Gasteiger partial charge in [-0.2, -0.15) is 18.3 Å². The molecule has 2 aromatic heterocycles. The van der Waals surface area contributed by atoms with Gasteiger partial charge in [0.1, 0.15) is 18.3 Å². The molecule has 5 atom stereocenters. The van der Waals surface area contributed by atoms with E-state index in [-0.39, 0.29) is 41.5 Å². The van der Waals surface area contributed by atoms with E-state index < -0.39 is 59.9 Å². The van der Waals surface area contributed by atoms with Gasteiger partial charge in [0.15, 0.2) is 5.69 Å². The minimum absolute atomic E-state index is 0.0110. The summed E-state index contributed by atoms with van der Waals surface area (Å²) in [6.07, 6.45) is -4.04. The van der Waals surface area contributed by atoms with Gasteiger partial charge in [-0.25, -0.2) is 4.68 Å². The zero-order chi connectivity index (χ0) is 33.1. The summed E-state index contributed by atoms with van der Waals surface area (Å²) in [6, 6.07) is 5.82. The molecule has 4 N–H and O–H groups in total. The Morgan fingerprint density at radius 3 is 2.63 bits per heavy atom. The number of likely N-dealkylation sites (tertiary alicyclic amines) is 1. The third kappa shape index (κ3) is 5.90. The van der Waals surface area contributed by atoms with Crippen molar-refractivity contribution in [3.05, 3.63) is 63.2 Å². The maximum atomic E-state index is 13.8. The molecule has 1 unspecified atom stereocenters. The van der Waals surface area contributed by atoms with Crippen LogP contribution in [0.4, 0.5) is 13.2 Å². The molecular formula is C32H37F3N6O5. The number of nitrogens with one attached hydrogen (secondary N) is 2. The number of carbonyl (C=O) groups is 3. The lowest BCUT2D eigenvalue weighted by molar-refractivity contribution is -0.142. The van der Waals surface area contributed by atoms with Crippen LogP contribution in [0.1, 0.15) is 61.9 Å². The Kier molecular flexibility index (Phi) is 7.98. The highest BCUT2D eigenvalue weighted by Crippen LogP contribution is 2.64. The number of aryl methyl sites for hydroxylation is 1. The standard InChI is InChI=1S/C32H37F3N6O5/c1-16-7-8-21-17(10-16)11-18(29(44)37-21)12-22(28(36)43)38-30(45)27-26-20(31(26,2)3)15-40(27)24(42)14-19-13-23(32(33,34)35)39-41(19)25-6-4-5-9-46-25/h7-8,10-11,13,20,22,25-27H,4-6,9,12,14-15H2,1-3H3,(H2,36,43)(H,37,44)(H,38,45)/t20-,22-,25?,26-,27-/m0/s1. The molecule has 3 aromatic rings. The molecule has 4 heterocycles. The number of carbonyl (C=O) groups excluding carboxylic acids is 3. The van der Waals surface area contributed by atoms with E-state index >= 15 is 0 Å². The summed E-state index contributed by atoms with van der Waals surface area (Å²) in [5, 5.41) is 7.19. The molecule has 0 radical (unpaired) electrons. The molecule has 2 saturated heterocycles. The van der Waals surface area contributed by atoms with Crippen LogP contribution in [0.3, 0.4) is 0 Å². The Balaban J connectivity index is 1.23. The highest BCUT2D eigenvalue weighted by Gasteiger charge is 2.69. The SMILES string of the molecule is Cc1ccc2[nH]c(=O)c(C[C@H](NC(=O)[C@@H]3[C@@H]4[C@H](CN3C(=O)Cc3cc(C(F)(F)F)nn3C3CCCCO3)C4(C)C)C(N)=O)cc2c1. The number of nitrogens with two attached hydrogens (primary N) is 1. The fourth-order valence-corrected chi connectivity index (χ4v) is 7.19. The van der Waals surface area contributed by atoms with Gasteiger partial charge in [0.25, 0.3) is 5.56 Å². The van der Waals surface area contributed by atoms with E-state index in [1.165, 1.54) is 4.90 Å². The number of primary amides is 1. The number of pyridine rings is 1. The molecule has 0 spiro atoms. The Hall–Kier alpha value is -4.20. The van der Waals surface area contributed by atoms with Gasteiger partial charge in [-0.3, -0.25) is 19.2 Å². The van der Waals surface area contributed by atoms with Crippen molar-refractivity contribution >= 4 is 28.6 Å². The summed E-state index contributed by atoms with van der Waals surface area (Å²) >= 11 is 0. The zero-order valence-corrected chi connectivity index (χ0v) is 25.8. The van der Waals surface area contributed by atoms with Crippen LogP contribution in [0.2, 0.25) is 0 Å². The molecule has 11 nitrogen and oxygen atoms in total. The first-order chi connectivity index (χ1) is 21.6. The monoisotopic (exact) mass is 642 g/mol. The average molecular weight is 643 g/mol. The molecule has 14 heteroatoms. The van der Waals surface area contributed by atoms with Gasteiger partial charge in [-0.15, -0.1) is 0 Å². The lowest BCUT2D eigenvalue weighted by Crippen LogP contribution is -2.55. The van der Waals surface area contributed by atoms with Crippen LogP contribution in [-0.2, 0) is 38.1 Å². The summed E-state index contributed by atoms with van der Waals surface area (Å²) in [6.45, 7) is 6.48. The second kappa shape index (κ2) is 11.6. The minimum Gasteiger partial charge on any atom is -0.368 e. The van der Waals surface area contributed by atoms with Gasteiger partial charge >= 0.3 is 6.18 Å². The number of hydrogen-bond acceptors (Lipinski definition) is 6. The number of aromatic amines is 1. The van der Waals surface area contributed by atoms with Gasteiger partial charge in [0, 0.05) is 30.7 Å². The van der Waals surface area contributed by atoms with E-state index in [1.54, 1.807) is 12.1 Å². The van der Waals surface area contributed by atoms with Crippen molar-refractivity contribution in [3.8, 4) is 0 Å². The lowest BCUT2D eigenvalue weighted by Gasteiger charge is -2.31. The third-order valence-corrected chi connectivity index (χ3v) is 9.82. The molecule has 1 aliphatic carbocycles. The first-order valence-electron chi connectivity index (χ1n) is 15.4. The van der Waals surface area contributed by atoms with Crippen LogP contribution in [0.15, 0.2) is 35.1 Å². The van der Waals surface area contributed by atoms with Crippen LogP contribution in [-0.4, -0.2) is 62.6 Å². The molecule has 3 amide bonds. The quantitative estimate of drug-likeness (QED) is 0.344. The second-order valence-electron chi connectivity index (χ2n) is 13.3. The van der Waals surface area contributed by atoms with E-state index in [2.05, 4.69) is 15.4 Å². The van der Waals surface area contributed by atoms with Gasteiger partial charge < -0.3 is 25.7 Å². The fourth-order valence-electron chi connectivity index (χ4n) is 7.19. The van der Waals surface area contributed by atoms with Crippen LogP contribution in [0.5, 0.6) is 0 Å². The summed E-state index contributed by atoms with van der Waals surface area (Å²) in [5.74, 6) is -2.23. The number of aromatic nitrogens is 3. The van der Waals surface area contributed by atoms with Gasteiger partial charge in [0.05, 0.1) is 12.1 Å². The predicted octanol–water partition coefficient (Wildman–Crippen LogP) is 2.99. The van der Waals surface area contributed by atoms with E-state index in [0.29, 0.717) is 18.5 Å². The van der Waals surface area contributed by atoms with E-state index in [4.69, 9.17) is 10.5 Å². The minimum atomic E-state index is -4.71. The molecular weight excluding hydrogens is 605 g/mol. The predicted molar refractivity (Wildman–Crippen MR) is 160 cm³/mol. The second-order valence-corrected chi connectivity index (χ2v) is 13.3. The largest absolute Gasteiger partial charge is 0.435 e. The van der Waals surface area contributed by atoms with Crippen LogP contribution < -0.4 is 16.6 Å². The summed E-state index contributed by atoms with van der Waals surface area (Å²) in [7, 11) is 0. The molecule has 0 bridgehead atoms. The normalized spacial score (nSPS) is 24.4. The number of nitrogens with zero attached hydrogens (tertiary/aromatic N) is 3. The highest BCUT2D eigenvalue weighted by atomic mass is 19.4. The molecule has 3 fully saturated rings. The lowest BCUT2D eigenvalue weighted by atomic mass is 9.99. The first-order valence-corrected chi connectivity index (χ1v) is 15.4. The Morgan fingerprint density at radius 1 is 1.20 bits per heavy atom. The number of fused-ring (bicyclic) bond motifs is 2. The molecule has 46 heavy (non-hydrogen) atoms. The number of H-pyrrole nitrogens is 1. The number of alkyl halides is 3. The van der Waals surface area contributed by atoms with Crippen molar-refractivity contribution in [2.45, 2.75) is 77.4 Å². The van der Waals surface area contributed by atoms with Gasteiger partial charge in [-0.1, -0.05) is 25.5 Å². The summed E-state index contributed by atoms with van der Waals surface area (Å²) in [5.41, 5.74) is 5.77. The van der Waals surface area contributed by atoms with Crippen molar-refractivity contribution in [2.75, 3.05) is 13.2 Å². The maximum absolute atomic E-state index is 13.8. The van der Waals surface area contributed by atoms with Crippen molar-refractivity contribution in [3.63, 3.8) is 0 Å². The Labute approximate surface area is 262 Å². The maximum Gasteiger partial charge on any atom is 0.435 e. The molecule has 3 aliphatic rings. The van der Waals surface area contributed by atoms with Crippen molar-refractivity contribution < 1.29 is 32.3 Å². The van der Waals surface area contributed by atoms with Crippen molar-refractivity contribution in [1.82, 2.24) is 25.0 Å². The topological polar surface area (TPSA) is 152 Å². The zero-order valence-electron chi connectivity index (χ0n) is 25.8. The molecule has 6 rings (SSSR count).